The first-order valence-corrected chi connectivity index (χ1v) is 5.58. The van der Waals surface area contributed by atoms with Crippen LogP contribution in [0.4, 0.5) is 4.39 Å². The van der Waals surface area contributed by atoms with Crippen molar-refractivity contribution >= 4 is 0 Å². The first-order chi connectivity index (χ1) is 7.74. The molecule has 1 heterocycles. The molecule has 1 N–H and O–H groups in total. The third-order valence-corrected chi connectivity index (χ3v) is 3.22. The van der Waals surface area contributed by atoms with Gasteiger partial charge in [0.2, 0.25) is 5.54 Å². The molecule has 0 radical (unpaired) electrons. The Bertz CT molecular complexity index is 385. The zero-order valence-electron chi connectivity index (χ0n) is 9.17. The number of nitrogens with one attached hydrogen (secondary N) is 1. The molecule has 0 bridgehead atoms. The van der Waals surface area contributed by atoms with Crippen LogP contribution in [0.15, 0.2) is 24.3 Å². The Morgan fingerprint density at radius 1 is 1.25 bits per heavy atom. The van der Waals surface area contributed by atoms with E-state index in [2.05, 4.69) is 10.2 Å². The van der Waals surface area contributed by atoms with Gasteiger partial charge in [-0.3, -0.25) is 0 Å². The van der Waals surface area contributed by atoms with Gasteiger partial charge in [0.1, 0.15) is 5.82 Å². The molecule has 0 atom stereocenters. The molecule has 1 aromatic rings. The topological polar surface area (TPSA) is 16.4 Å². The lowest BCUT2D eigenvalue weighted by atomic mass is 9.83. The molecule has 1 aromatic carbocycles. The minimum atomic E-state index is -0.275. The van der Waals surface area contributed by atoms with E-state index in [4.69, 9.17) is 6.57 Å². The minimum absolute atomic E-state index is 0.217. The molecule has 0 saturated carbocycles. The van der Waals surface area contributed by atoms with E-state index in [0.717, 1.165) is 37.9 Å². The molecule has 16 heavy (non-hydrogen) atoms. The Hall–Kier alpha value is -1.40. The van der Waals surface area contributed by atoms with Crippen molar-refractivity contribution in [1.29, 1.82) is 0 Å². The fourth-order valence-corrected chi connectivity index (χ4v) is 2.20. The summed E-state index contributed by atoms with van der Waals surface area (Å²) in [7, 11) is 0. The Labute approximate surface area is 95.3 Å². The maximum atomic E-state index is 12.8. The fraction of sp³-hybridized carbons (Fsp3) is 0.462. The standard InChI is InChI=1S/C13H15FN2/c1-15-13(6-8-16-9-7-13)10-11-2-4-12(14)5-3-11/h2-5,16H,6-10H2. The van der Waals surface area contributed by atoms with E-state index in [9.17, 15) is 4.39 Å². The number of nitrogens with zero attached hydrogens (tertiary/aromatic N) is 1. The molecule has 1 aliphatic heterocycles. The lowest BCUT2D eigenvalue weighted by Gasteiger charge is -2.26. The maximum absolute atomic E-state index is 12.8. The second kappa shape index (κ2) is 4.63. The highest BCUT2D eigenvalue weighted by molar-refractivity contribution is 5.21. The van der Waals surface area contributed by atoms with Crippen LogP contribution >= 0.6 is 0 Å². The summed E-state index contributed by atoms with van der Waals surface area (Å²) < 4.78 is 12.8. The summed E-state index contributed by atoms with van der Waals surface area (Å²) >= 11 is 0. The smallest absolute Gasteiger partial charge is 0.239 e. The molecule has 1 aliphatic rings. The van der Waals surface area contributed by atoms with Gasteiger partial charge in [-0.2, -0.15) is 0 Å². The predicted octanol–water partition coefficient (Wildman–Crippen LogP) is 2.41. The van der Waals surface area contributed by atoms with Crippen LogP contribution in [0.1, 0.15) is 18.4 Å². The van der Waals surface area contributed by atoms with Crippen molar-refractivity contribution in [3.63, 3.8) is 0 Å². The highest BCUT2D eigenvalue weighted by Crippen LogP contribution is 2.27. The molecule has 3 heteroatoms. The van der Waals surface area contributed by atoms with Gasteiger partial charge in [0.05, 0.1) is 6.42 Å². The number of halogens is 1. The lowest BCUT2D eigenvalue weighted by molar-refractivity contribution is 0.359. The van der Waals surface area contributed by atoms with Crippen LogP contribution in [0.25, 0.3) is 4.85 Å². The molecule has 0 aliphatic carbocycles. The fourth-order valence-electron chi connectivity index (χ4n) is 2.20. The highest BCUT2D eigenvalue weighted by Gasteiger charge is 2.38. The van der Waals surface area contributed by atoms with Gasteiger partial charge in [0, 0.05) is 25.9 Å². The summed E-state index contributed by atoms with van der Waals surface area (Å²) in [4.78, 5) is 3.81. The van der Waals surface area contributed by atoms with Crippen molar-refractivity contribution in [2.24, 2.45) is 0 Å². The second-order valence-corrected chi connectivity index (χ2v) is 4.39. The van der Waals surface area contributed by atoms with Gasteiger partial charge in [-0.05, 0) is 17.7 Å². The van der Waals surface area contributed by atoms with Crippen molar-refractivity contribution < 1.29 is 4.39 Å². The molecule has 1 fully saturated rings. The lowest BCUT2D eigenvalue weighted by Crippen LogP contribution is -2.41. The van der Waals surface area contributed by atoms with Crippen molar-refractivity contribution in [1.82, 2.24) is 5.32 Å². The van der Waals surface area contributed by atoms with Gasteiger partial charge < -0.3 is 10.2 Å². The maximum Gasteiger partial charge on any atom is 0.239 e. The molecule has 0 aromatic heterocycles. The van der Waals surface area contributed by atoms with Crippen LogP contribution in [-0.2, 0) is 6.42 Å². The summed E-state index contributed by atoms with van der Waals surface area (Å²) in [5.74, 6) is -0.217. The van der Waals surface area contributed by atoms with Crippen LogP contribution in [0.2, 0.25) is 0 Å². The molecular formula is C13H15FN2. The number of benzene rings is 1. The number of piperidine rings is 1. The number of rotatable bonds is 2. The molecule has 84 valence electrons. The first-order valence-electron chi connectivity index (χ1n) is 5.58. The first kappa shape index (κ1) is 11.1. The second-order valence-electron chi connectivity index (χ2n) is 4.39. The summed E-state index contributed by atoms with van der Waals surface area (Å²) in [6.07, 6.45) is 2.50. The Kier molecular flexibility index (Phi) is 3.21. The third kappa shape index (κ3) is 2.40. The van der Waals surface area contributed by atoms with E-state index in [-0.39, 0.29) is 11.4 Å². The van der Waals surface area contributed by atoms with Crippen LogP contribution in [-0.4, -0.2) is 18.6 Å². The molecule has 2 rings (SSSR count). The molecule has 1 saturated heterocycles. The van der Waals surface area contributed by atoms with Gasteiger partial charge in [0.25, 0.3) is 0 Å². The van der Waals surface area contributed by atoms with Crippen LogP contribution in [0.5, 0.6) is 0 Å². The largest absolute Gasteiger partial charge is 0.316 e. The van der Waals surface area contributed by atoms with Gasteiger partial charge in [-0.15, -0.1) is 0 Å². The van der Waals surface area contributed by atoms with Crippen molar-refractivity contribution in [2.45, 2.75) is 24.8 Å². The average molecular weight is 218 g/mol. The Morgan fingerprint density at radius 2 is 1.88 bits per heavy atom. The SMILES string of the molecule is [C-]#[N+]C1(Cc2ccc(F)cc2)CCNCC1. The van der Waals surface area contributed by atoms with E-state index in [1.54, 1.807) is 12.1 Å². The number of hydrogen-bond acceptors (Lipinski definition) is 1. The molecule has 0 amide bonds. The molecule has 0 unspecified atom stereocenters. The van der Waals surface area contributed by atoms with Crippen LogP contribution in [0, 0.1) is 12.4 Å². The van der Waals surface area contributed by atoms with E-state index in [0.29, 0.717) is 0 Å². The van der Waals surface area contributed by atoms with Gasteiger partial charge in [-0.1, -0.05) is 12.1 Å². The van der Waals surface area contributed by atoms with Crippen LogP contribution < -0.4 is 5.32 Å². The van der Waals surface area contributed by atoms with Gasteiger partial charge in [0.15, 0.2) is 0 Å². The van der Waals surface area contributed by atoms with Crippen molar-refractivity contribution in [3.05, 3.63) is 47.1 Å². The van der Waals surface area contributed by atoms with E-state index >= 15 is 0 Å². The summed E-state index contributed by atoms with van der Waals surface area (Å²) in [5, 5.41) is 3.27. The number of hydrogen-bond donors (Lipinski definition) is 1. The summed E-state index contributed by atoms with van der Waals surface area (Å²) in [6.45, 7) is 9.17. The van der Waals surface area contributed by atoms with Crippen molar-refractivity contribution in [2.75, 3.05) is 13.1 Å². The predicted molar refractivity (Wildman–Crippen MR) is 61.5 cm³/mol. The van der Waals surface area contributed by atoms with Gasteiger partial charge in [-0.25, -0.2) is 11.0 Å². The van der Waals surface area contributed by atoms with E-state index in [1.165, 1.54) is 12.1 Å². The quantitative estimate of drug-likeness (QED) is 0.754. The van der Waals surface area contributed by atoms with Crippen LogP contribution in [0.3, 0.4) is 0 Å². The van der Waals surface area contributed by atoms with E-state index < -0.39 is 0 Å². The monoisotopic (exact) mass is 218 g/mol. The zero-order chi connectivity index (χ0) is 11.4. The Balaban J connectivity index is 2.12. The third-order valence-electron chi connectivity index (χ3n) is 3.22. The van der Waals surface area contributed by atoms with E-state index in [1.807, 2.05) is 0 Å². The normalized spacial score (nSPS) is 19.0. The molecule has 0 spiro atoms. The average Bonchev–Trinajstić information content (AvgIpc) is 2.33. The summed E-state index contributed by atoms with van der Waals surface area (Å²) in [5.41, 5.74) is 0.780. The Morgan fingerprint density at radius 3 is 2.44 bits per heavy atom. The molecular weight excluding hydrogens is 203 g/mol. The highest BCUT2D eigenvalue weighted by atomic mass is 19.1. The summed E-state index contributed by atoms with van der Waals surface area (Å²) in [6, 6.07) is 6.50. The van der Waals surface area contributed by atoms with Gasteiger partial charge >= 0.3 is 0 Å². The molecule has 2 nitrogen and oxygen atoms in total. The van der Waals surface area contributed by atoms with Crippen molar-refractivity contribution in [3.8, 4) is 0 Å². The minimum Gasteiger partial charge on any atom is -0.316 e. The zero-order valence-corrected chi connectivity index (χ0v) is 9.17.